The third-order valence-electron chi connectivity index (χ3n) is 2.78. The van der Waals surface area contributed by atoms with Gasteiger partial charge < -0.3 is 15.1 Å². The van der Waals surface area contributed by atoms with Crippen LogP contribution in [0.3, 0.4) is 0 Å². The summed E-state index contributed by atoms with van der Waals surface area (Å²) in [5.74, 6) is 1.01. The van der Waals surface area contributed by atoms with E-state index in [0.717, 1.165) is 6.42 Å². The van der Waals surface area contributed by atoms with Crippen LogP contribution in [0.1, 0.15) is 32.2 Å². The maximum Gasteiger partial charge on any atom is 0.277 e. The van der Waals surface area contributed by atoms with E-state index in [1.165, 1.54) is 16.7 Å². The quantitative estimate of drug-likeness (QED) is 0.786. The number of amides is 1. The first-order valence-electron chi connectivity index (χ1n) is 5.87. The molecule has 0 aliphatic carbocycles. The monoisotopic (exact) mass is 272 g/mol. The first-order valence-corrected chi connectivity index (χ1v) is 6.86. The lowest BCUT2D eigenvalue weighted by Gasteiger charge is -2.13. The van der Waals surface area contributed by atoms with Crippen LogP contribution in [0.2, 0.25) is 0 Å². The zero-order valence-corrected chi connectivity index (χ0v) is 12.0. The van der Waals surface area contributed by atoms with E-state index in [1.54, 1.807) is 14.1 Å². The molecule has 0 saturated carbocycles. The number of carbonyl (C=O) groups excluding carboxylic acids is 1. The summed E-state index contributed by atoms with van der Waals surface area (Å²) in [6.07, 6.45) is 0.950. The number of aromatic nitrogens is 2. The van der Waals surface area contributed by atoms with Crippen LogP contribution >= 0.6 is 11.8 Å². The second kappa shape index (κ2) is 6.75. The molecular formula is C11H20N4O2S. The van der Waals surface area contributed by atoms with Crippen molar-refractivity contribution in [1.82, 2.24) is 15.1 Å². The Labute approximate surface area is 111 Å². The molecule has 7 heteroatoms. The molecule has 0 fully saturated rings. The fourth-order valence-corrected chi connectivity index (χ4v) is 1.91. The van der Waals surface area contributed by atoms with Gasteiger partial charge in [-0.1, -0.05) is 32.0 Å². The van der Waals surface area contributed by atoms with E-state index in [-0.39, 0.29) is 23.6 Å². The lowest BCUT2D eigenvalue weighted by molar-refractivity contribution is -0.125. The summed E-state index contributed by atoms with van der Waals surface area (Å²) >= 11 is 1.23. The Balaban J connectivity index is 2.56. The molecule has 18 heavy (non-hydrogen) atoms. The van der Waals surface area contributed by atoms with E-state index in [2.05, 4.69) is 17.1 Å². The number of thioether (sulfide) groups is 1. The van der Waals surface area contributed by atoms with Crippen LogP contribution in [0.25, 0.3) is 0 Å². The summed E-state index contributed by atoms with van der Waals surface area (Å²) in [5.41, 5.74) is 5.99. The Hall–Kier alpha value is -1.08. The maximum atomic E-state index is 11.4. The summed E-state index contributed by atoms with van der Waals surface area (Å²) in [6.45, 7) is 4.10. The largest absolute Gasteiger partial charge is 0.414 e. The van der Waals surface area contributed by atoms with Gasteiger partial charge in [0.15, 0.2) is 0 Å². The van der Waals surface area contributed by atoms with Crippen molar-refractivity contribution in [3.63, 3.8) is 0 Å². The zero-order valence-electron chi connectivity index (χ0n) is 11.2. The van der Waals surface area contributed by atoms with Gasteiger partial charge in [0.1, 0.15) is 0 Å². The van der Waals surface area contributed by atoms with Gasteiger partial charge in [0.2, 0.25) is 11.8 Å². The van der Waals surface area contributed by atoms with Crippen molar-refractivity contribution in [3.05, 3.63) is 5.89 Å². The molecule has 0 unspecified atom stereocenters. The second-order valence-electron chi connectivity index (χ2n) is 4.39. The van der Waals surface area contributed by atoms with Crippen molar-refractivity contribution in [2.45, 2.75) is 31.5 Å². The second-order valence-corrected chi connectivity index (χ2v) is 5.32. The normalized spacial score (nSPS) is 14.3. The Morgan fingerprint density at radius 3 is 2.72 bits per heavy atom. The van der Waals surface area contributed by atoms with Crippen LogP contribution in [0.5, 0.6) is 0 Å². The minimum atomic E-state index is -0.249. The number of nitrogens with zero attached hydrogens (tertiary/aromatic N) is 3. The maximum absolute atomic E-state index is 11.4. The predicted molar refractivity (Wildman–Crippen MR) is 70.1 cm³/mol. The van der Waals surface area contributed by atoms with Crippen molar-refractivity contribution in [3.8, 4) is 0 Å². The fourth-order valence-electron chi connectivity index (χ4n) is 1.16. The molecule has 102 valence electrons. The molecule has 0 spiro atoms. The molecule has 2 atom stereocenters. The minimum Gasteiger partial charge on any atom is -0.414 e. The van der Waals surface area contributed by atoms with Crippen LogP contribution in [-0.4, -0.2) is 40.9 Å². The molecule has 0 aliphatic heterocycles. The van der Waals surface area contributed by atoms with Crippen LogP contribution in [0, 0.1) is 5.92 Å². The highest BCUT2D eigenvalue weighted by Crippen LogP contribution is 2.24. The van der Waals surface area contributed by atoms with E-state index in [4.69, 9.17) is 10.2 Å². The Morgan fingerprint density at radius 1 is 1.50 bits per heavy atom. The van der Waals surface area contributed by atoms with Crippen LogP contribution in [0.4, 0.5) is 0 Å². The van der Waals surface area contributed by atoms with Gasteiger partial charge in [0.25, 0.3) is 5.22 Å². The third kappa shape index (κ3) is 3.99. The van der Waals surface area contributed by atoms with Crippen LogP contribution in [-0.2, 0) is 4.79 Å². The summed E-state index contributed by atoms with van der Waals surface area (Å²) in [4.78, 5) is 12.9. The van der Waals surface area contributed by atoms with Crippen molar-refractivity contribution >= 4 is 17.7 Å². The molecular weight excluding hydrogens is 252 g/mol. The van der Waals surface area contributed by atoms with Gasteiger partial charge in [-0.05, 0) is 5.92 Å². The van der Waals surface area contributed by atoms with E-state index in [1.807, 2.05) is 6.92 Å². The van der Waals surface area contributed by atoms with E-state index in [9.17, 15) is 4.79 Å². The first-order chi connectivity index (χ1) is 8.45. The van der Waals surface area contributed by atoms with E-state index >= 15 is 0 Å². The topological polar surface area (TPSA) is 85.2 Å². The molecule has 0 aliphatic rings. The summed E-state index contributed by atoms with van der Waals surface area (Å²) in [7, 11) is 3.42. The molecule has 1 aromatic heterocycles. The standard InChI is InChI=1S/C11H20N4O2S/c1-5-7(2)9(12)10-13-14-11(17-10)18-6-8(16)15(3)4/h7,9H,5-6,12H2,1-4H3/t7-,9+/m1/s1. The Bertz CT molecular complexity index is 394. The highest BCUT2D eigenvalue weighted by Gasteiger charge is 2.20. The fraction of sp³-hybridized carbons (Fsp3) is 0.727. The highest BCUT2D eigenvalue weighted by molar-refractivity contribution is 7.99. The molecule has 0 saturated heterocycles. The summed E-state index contributed by atoms with van der Waals surface area (Å²) in [5, 5.41) is 8.19. The summed E-state index contributed by atoms with van der Waals surface area (Å²) in [6, 6.07) is -0.249. The Morgan fingerprint density at radius 2 is 2.17 bits per heavy atom. The van der Waals surface area contributed by atoms with Gasteiger partial charge in [-0.2, -0.15) is 0 Å². The third-order valence-corrected chi connectivity index (χ3v) is 3.59. The molecule has 2 N–H and O–H groups in total. The van der Waals surface area contributed by atoms with Gasteiger partial charge in [0, 0.05) is 14.1 Å². The molecule has 0 aromatic carbocycles. The number of rotatable bonds is 6. The van der Waals surface area contributed by atoms with Gasteiger partial charge in [-0.25, -0.2) is 0 Å². The SMILES string of the molecule is CC[C@@H](C)[C@H](N)c1nnc(SCC(=O)N(C)C)o1. The van der Waals surface area contributed by atoms with Crippen molar-refractivity contribution in [2.75, 3.05) is 19.8 Å². The van der Waals surface area contributed by atoms with Gasteiger partial charge in [-0.15, -0.1) is 10.2 Å². The minimum absolute atomic E-state index is 0.00553. The van der Waals surface area contributed by atoms with E-state index < -0.39 is 0 Å². The molecule has 0 bridgehead atoms. The van der Waals surface area contributed by atoms with Crippen molar-refractivity contribution < 1.29 is 9.21 Å². The first kappa shape index (κ1) is 15.0. The van der Waals surface area contributed by atoms with Gasteiger partial charge >= 0.3 is 0 Å². The molecule has 6 nitrogen and oxygen atoms in total. The smallest absolute Gasteiger partial charge is 0.277 e. The number of nitrogens with two attached hydrogens (primary N) is 1. The lowest BCUT2D eigenvalue weighted by atomic mass is 10.0. The molecule has 0 radical (unpaired) electrons. The van der Waals surface area contributed by atoms with Crippen LogP contribution in [0.15, 0.2) is 9.64 Å². The van der Waals surface area contributed by atoms with E-state index in [0.29, 0.717) is 11.1 Å². The van der Waals surface area contributed by atoms with Crippen molar-refractivity contribution in [2.24, 2.45) is 11.7 Å². The number of carbonyl (C=O) groups is 1. The average Bonchev–Trinajstić information content (AvgIpc) is 2.82. The molecule has 1 amide bonds. The summed E-state index contributed by atoms with van der Waals surface area (Å²) < 4.78 is 5.44. The van der Waals surface area contributed by atoms with Gasteiger partial charge in [-0.3, -0.25) is 4.79 Å². The number of hydrogen-bond donors (Lipinski definition) is 1. The highest BCUT2D eigenvalue weighted by atomic mass is 32.2. The average molecular weight is 272 g/mol. The molecule has 1 rings (SSSR count). The number of hydrogen-bond acceptors (Lipinski definition) is 6. The predicted octanol–water partition coefficient (Wildman–Crippen LogP) is 1.30. The Kier molecular flexibility index (Phi) is 5.61. The van der Waals surface area contributed by atoms with Crippen LogP contribution < -0.4 is 5.73 Å². The molecule has 1 aromatic rings. The van der Waals surface area contributed by atoms with Crippen molar-refractivity contribution in [1.29, 1.82) is 0 Å². The lowest BCUT2D eigenvalue weighted by Crippen LogP contribution is -2.23. The molecule has 1 heterocycles. The zero-order chi connectivity index (χ0) is 13.7. The van der Waals surface area contributed by atoms with Gasteiger partial charge in [0.05, 0.1) is 11.8 Å².